The maximum atomic E-state index is 4.60. The zero-order valence-corrected chi connectivity index (χ0v) is 13.3. The van der Waals surface area contributed by atoms with Crippen LogP contribution >= 0.6 is 11.8 Å². The quantitative estimate of drug-likeness (QED) is 0.799. The van der Waals surface area contributed by atoms with Crippen LogP contribution in [0.2, 0.25) is 0 Å². The first kappa shape index (κ1) is 15.1. The molecule has 3 heteroatoms. The molecule has 0 unspecified atom stereocenters. The third kappa shape index (κ3) is 4.36. The summed E-state index contributed by atoms with van der Waals surface area (Å²) in [6.07, 6.45) is 3.14. The summed E-state index contributed by atoms with van der Waals surface area (Å²) in [5, 5.41) is 4.50. The minimum absolute atomic E-state index is 0.900. The van der Waals surface area contributed by atoms with Gasteiger partial charge in [-0.1, -0.05) is 42.4 Å². The van der Waals surface area contributed by atoms with Gasteiger partial charge >= 0.3 is 0 Å². The van der Waals surface area contributed by atoms with Crippen LogP contribution in [0.15, 0.2) is 46.5 Å². The van der Waals surface area contributed by atoms with Crippen LogP contribution in [-0.2, 0) is 6.54 Å². The van der Waals surface area contributed by atoms with Gasteiger partial charge in [0.1, 0.15) is 5.03 Å². The van der Waals surface area contributed by atoms with Crippen LogP contribution in [0.25, 0.3) is 0 Å². The molecule has 0 aliphatic carbocycles. The Balaban J connectivity index is 2.03. The van der Waals surface area contributed by atoms with Crippen molar-refractivity contribution in [1.82, 2.24) is 10.3 Å². The summed E-state index contributed by atoms with van der Waals surface area (Å²) in [6, 6.07) is 10.8. The van der Waals surface area contributed by atoms with E-state index >= 15 is 0 Å². The Hall–Kier alpha value is -1.32. The Morgan fingerprint density at radius 2 is 1.90 bits per heavy atom. The van der Waals surface area contributed by atoms with E-state index in [0.717, 1.165) is 24.5 Å². The normalized spacial score (nSPS) is 10.8. The van der Waals surface area contributed by atoms with Gasteiger partial charge in [0.15, 0.2) is 0 Å². The lowest BCUT2D eigenvalue weighted by Crippen LogP contribution is -2.14. The molecule has 0 radical (unpaired) electrons. The van der Waals surface area contributed by atoms with Gasteiger partial charge in [0, 0.05) is 17.6 Å². The SMILES string of the molecule is CCCNCc1cnc(Sc2ccc(C)cc2)c(C)c1. The molecule has 1 aromatic heterocycles. The van der Waals surface area contributed by atoms with E-state index in [0.29, 0.717) is 0 Å². The molecule has 2 nitrogen and oxygen atoms in total. The van der Waals surface area contributed by atoms with Gasteiger partial charge in [-0.2, -0.15) is 0 Å². The Kier molecular flexibility index (Phi) is 5.62. The van der Waals surface area contributed by atoms with E-state index in [1.807, 2.05) is 6.20 Å². The van der Waals surface area contributed by atoms with Gasteiger partial charge in [-0.05, 0) is 50.1 Å². The Labute approximate surface area is 126 Å². The Morgan fingerprint density at radius 3 is 2.55 bits per heavy atom. The van der Waals surface area contributed by atoms with Crippen molar-refractivity contribution in [3.8, 4) is 0 Å². The van der Waals surface area contributed by atoms with Gasteiger partial charge in [-0.15, -0.1) is 0 Å². The number of pyridine rings is 1. The van der Waals surface area contributed by atoms with Crippen molar-refractivity contribution in [2.75, 3.05) is 6.54 Å². The number of benzene rings is 1. The lowest BCUT2D eigenvalue weighted by atomic mass is 10.2. The van der Waals surface area contributed by atoms with Gasteiger partial charge in [0.05, 0.1) is 0 Å². The summed E-state index contributed by atoms with van der Waals surface area (Å²) in [7, 11) is 0. The first-order valence-corrected chi connectivity index (χ1v) is 7.91. The highest BCUT2D eigenvalue weighted by Crippen LogP contribution is 2.28. The number of rotatable bonds is 6. The van der Waals surface area contributed by atoms with Crippen molar-refractivity contribution < 1.29 is 0 Å². The molecule has 1 N–H and O–H groups in total. The fourth-order valence-electron chi connectivity index (χ4n) is 1.95. The molecule has 0 aliphatic heterocycles. The van der Waals surface area contributed by atoms with Crippen LogP contribution in [0.4, 0.5) is 0 Å². The first-order valence-electron chi connectivity index (χ1n) is 7.10. The summed E-state index contributed by atoms with van der Waals surface area (Å²) in [5.74, 6) is 0. The van der Waals surface area contributed by atoms with Gasteiger partial charge in [0.2, 0.25) is 0 Å². The monoisotopic (exact) mass is 286 g/mol. The van der Waals surface area contributed by atoms with Crippen LogP contribution in [0.5, 0.6) is 0 Å². The highest BCUT2D eigenvalue weighted by atomic mass is 32.2. The van der Waals surface area contributed by atoms with Crippen LogP contribution in [0.1, 0.15) is 30.0 Å². The van der Waals surface area contributed by atoms with Crippen molar-refractivity contribution in [2.24, 2.45) is 0 Å². The highest BCUT2D eigenvalue weighted by Gasteiger charge is 2.04. The lowest BCUT2D eigenvalue weighted by molar-refractivity contribution is 0.672. The molecule has 0 amide bonds. The highest BCUT2D eigenvalue weighted by molar-refractivity contribution is 7.99. The standard InChI is InChI=1S/C17H22N2S/c1-4-9-18-11-15-10-14(3)17(19-12-15)20-16-7-5-13(2)6-8-16/h5-8,10,12,18H,4,9,11H2,1-3H3. The van der Waals surface area contributed by atoms with Crippen molar-refractivity contribution in [3.63, 3.8) is 0 Å². The molecule has 0 bridgehead atoms. The molecule has 1 heterocycles. The number of hydrogen-bond acceptors (Lipinski definition) is 3. The van der Waals surface area contributed by atoms with Crippen LogP contribution in [-0.4, -0.2) is 11.5 Å². The van der Waals surface area contributed by atoms with E-state index in [1.165, 1.54) is 21.6 Å². The minimum Gasteiger partial charge on any atom is -0.313 e. The van der Waals surface area contributed by atoms with Crippen molar-refractivity contribution >= 4 is 11.8 Å². The molecule has 1 aromatic carbocycles. The third-order valence-corrected chi connectivity index (χ3v) is 4.21. The molecule has 0 atom stereocenters. The second-order valence-electron chi connectivity index (χ2n) is 5.06. The fraction of sp³-hybridized carbons (Fsp3) is 0.353. The zero-order valence-electron chi connectivity index (χ0n) is 12.4. The number of nitrogens with zero attached hydrogens (tertiary/aromatic N) is 1. The predicted octanol–water partition coefficient (Wildman–Crippen LogP) is 4.35. The summed E-state index contributed by atoms with van der Waals surface area (Å²) < 4.78 is 0. The molecule has 0 fully saturated rings. The Morgan fingerprint density at radius 1 is 1.15 bits per heavy atom. The van der Waals surface area contributed by atoms with Gasteiger partial charge < -0.3 is 5.32 Å². The summed E-state index contributed by atoms with van der Waals surface area (Å²) in [4.78, 5) is 5.84. The van der Waals surface area contributed by atoms with E-state index in [4.69, 9.17) is 0 Å². The van der Waals surface area contributed by atoms with Gasteiger partial charge in [0.25, 0.3) is 0 Å². The number of hydrogen-bond donors (Lipinski definition) is 1. The van der Waals surface area contributed by atoms with Gasteiger partial charge in [-0.3, -0.25) is 0 Å². The van der Waals surface area contributed by atoms with E-state index in [9.17, 15) is 0 Å². The molecule has 106 valence electrons. The average Bonchev–Trinajstić information content (AvgIpc) is 2.44. The summed E-state index contributed by atoms with van der Waals surface area (Å²) in [6.45, 7) is 8.37. The molecule has 0 saturated heterocycles. The second-order valence-corrected chi connectivity index (χ2v) is 6.12. The Bertz CT molecular complexity index is 549. The average molecular weight is 286 g/mol. The number of aryl methyl sites for hydroxylation is 2. The molecule has 0 aliphatic rings. The minimum atomic E-state index is 0.900. The summed E-state index contributed by atoms with van der Waals surface area (Å²) in [5.41, 5.74) is 3.78. The summed E-state index contributed by atoms with van der Waals surface area (Å²) >= 11 is 1.73. The first-order chi connectivity index (χ1) is 9.69. The van der Waals surface area contributed by atoms with E-state index in [-0.39, 0.29) is 0 Å². The molecule has 0 spiro atoms. The fourth-order valence-corrected chi connectivity index (χ4v) is 2.77. The smallest absolute Gasteiger partial charge is 0.104 e. The molecular formula is C17H22N2S. The number of nitrogens with one attached hydrogen (secondary N) is 1. The predicted molar refractivity (Wildman–Crippen MR) is 86.3 cm³/mol. The lowest BCUT2D eigenvalue weighted by Gasteiger charge is -2.08. The van der Waals surface area contributed by atoms with Crippen molar-refractivity contribution in [2.45, 2.75) is 43.7 Å². The second kappa shape index (κ2) is 7.46. The van der Waals surface area contributed by atoms with Crippen LogP contribution in [0, 0.1) is 13.8 Å². The molecular weight excluding hydrogens is 264 g/mol. The van der Waals surface area contributed by atoms with Crippen LogP contribution in [0.3, 0.4) is 0 Å². The topological polar surface area (TPSA) is 24.9 Å². The largest absolute Gasteiger partial charge is 0.313 e. The van der Waals surface area contributed by atoms with Crippen LogP contribution < -0.4 is 5.32 Å². The molecule has 0 saturated carbocycles. The molecule has 2 aromatic rings. The van der Waals surface area contributed by atoms with E-state index < -0.39 is 0 Å². The molecule has 2 rings (SSSR count). The maximum absolute atomic E-state index is 4.60. The van der Waals surface area contributed by atoms with E-state index in [2.05, 4.69) is 61.4 Å². The van der Waals surface area contributed by atoms with Crippen molar-refractivity contribution in [3.05, 3.63) is 53.2 Å². The van der Waals surface area contributed by atoms with E-state index in [1.54, 1.807) is 11.8 Å². The third-order valence-electron chi connectivity index (χ3n) is 3.08. The number of aromatic nitrogens is 1. The molecule has 20 heavy (non-hydrogen) atoms. The maximum Gasteiger partial charge on any atom is 0.104 e. The van der Waals surface area contributed by atoms with Crippen molar-refractivity contribution in [1.29, 1.82) is 0 Å². The zero-order chi connectivity index (χ0) is 14.4. The van der Waals surface area contributed by atoms with Gasteiger partial charge in [-0.25, -0.2) is 4.98 Å².